The maximum absolute atomic E-state index is 11.7. The average Bonchev–Trinajstić information content (AvgIpc) is 2.81. The fraction of sp³-hybridized carbons (Fsp3) is 0.500. The molecular weight excluding hydrogens is 208 g/mol. The monoisotopic (exact) mass is 220 g/mol. The van der Waals surface area contributed by atoms with E-state index in [0.29, 0.717) is 30.0 Å². The van der Waals surface area contributed by atoms with Crippen molar-refractivity contribution in [3.8, 4) is 6.07 Å². The van der Waals surface area contributed by atoms with Gasteiger partial charge in [0.25, 0.3) is 0 Å². The van der Waals surface area contributed by atoms with Crippen LogP contribution in [0, 0.1) is 24.2 Å². The summed E-state index contributed by atoms with van der Waals surface area (Å²) in [6.45, 7) is 2.14. The number of carbonyl (C=O) groups is 1. The number of hydrogen-bond acceptors (Lipinski definition) is 4. The highest BCUT2D eigenvalue weighted by molar-refractivity contribution is 5.96. The molecule has 2 heterocycles. The number of nitrogens with zero attached hydrogens (tertiary/aromatic N) is 3. The van der Waals surface area contributed by atoms with Crippen LogP contribution >= 0.6 is 0 Å². The largest absolute Gasteiger partial charge is 0.396 e. The molecule has 6 nitrogen and oxygen atoms in total. The molecule has 0 saturated carbocycles. The van der Waals surface area contributed by atoms with Crippen LogP contribution in [0.5, 0.6) is 0 Å². The molecule has 0 aliphatic carbocycles. The summed E-state index contributed by atoms with van der Waals surface area (Å²) in [5, 5.41) is 24.6. The van der Waals surface area contributed by atoms with Crippen molar-refractivity contribution in [2.75, 3.05) is 18.1 Å². The smallest absolute Gasteiger partial charge is 0.228 e. The number of aromatic amines is 1. The van der Waals surface area contributed by atoms with Crippen molar-refractivity contribution < 1.29 is 9.90 Å². The first-order valence-electron chi connectivity index (χ1n) is 5.03. The molecule has 0 bridgehead atoms. The Hall–Kier alpha value is -1.87. The van der Waals surface area contributed by atoms with Crippen LogP contribution in [0.1, 0.15) is 17.7 Å². The molecule has 0 aromatic carbocycles. The first-order valence-corrected chi connectivity index (χ1v) is 5.03. The van der Waals surface area contributed by atoms with Gasteiger partial charge in [-0.15, -0.1) is 0 Å². The molecule has 1 aromatic rings. The molecule has 1 fully saturated rings. The maximum Gasteiger partial charge on any atom is 0.228 e. The summed E-state index contributed by atoms with van der Waals surface area (Å²) in [4.78, 5) is 13.1. The third-order valence-electron chi connectivity index (χ3n) is 2.76. The van der Waals surface area contributed by atoms with Gasteiger partial charge >= 0.3 is 0 Å². The zero-order valence-electron chi connectivity index (χ0n) is 8.90. The predicted molar refractivity (Wildman–Crippen MR) is 55.6 cm³/mol. The van der Waals surface area contributed by atoms with E-state index in [1.807, 2.05) is 6.07 Å². The van der Waals surface area contributed by atoms with E-state index in [-0.39, 0.29) is 18.4 Å². The van der Waals surface area contributed by atoms with Crippen LogP contribution in [-0.4, -0.2) is 34.4 Å². The van der Waals surface area contributed by atoms with E-state index in [1.165, 1.54) is 4.90 Å². The molecule has 6 heteroatoms. The number of rotatable bonds is 2. The third-order valence-corrected chi connectivity index (χ3v) is 2.76. The molecule has 1 saturated heterocycles. The van der Waals surface area contributed by atoms with Crippen LogP contribution < -0.4 is 4.90 Å². The van der Waals surface area contributed by atoms with Gasteiger partial charge in [0.15, 0.2) is 5.82 Å². The Morgan fingerprint density at radius 3 is 3.06 bits per heavy atom. The van der Waals surface area contributed by atoms with Crippen LogP contribution in [0.2, 0.25) is 0 Å². The lowest BCUT2D eigenvalue weighted by Crippen LogP contribution is -2.26. The molecule has 1 atom stereocenters. The van der Waals surface area contributed by atoms with Crippen molar-refractivity contribution >= 4 is 11.7 Å². The lowest BCUT2D eigenvalue weighted by atomic mass is 10.1. The highest BCUT2D eigenvalue weighted by Crippen LogP contribution is 2.26. The third kappa shape index (κ3) is 1.55. The lowest BCUT2D eigenvalue weighted by molar-refractivity contribution is -0.117. The molecular formula is C10H12N4O2. The van der Waals surface area contributed by atoms with Gasteiger partial charge in [-0.05, 0) is 6.92 Å². The van der Waals surface area contributed by atoms with Crippen LogP contribution in [0.3, 0.4) is 0 Å². The molecule has 1 aromatic heterocycles. The molecule has 1 aliphatic heterocycles. The minimum atomic E-state index is -0.0953. The molecule has 84 valence electrons. The summed E-state index contributed by atoms with van der Waals surface area (Å²) >= 11 is 0. The fourth-order valence-electron chi connectivity index (χ4n) is 1.85. The van der Waals surface area contributed by atoms with Crippen molar-refractivity contribution in [1.82, 2.24) is 10.2 Å². The van der Waals surface area contributed by atoms with E-state index in [1.54, 1.807) is 6.92 Å². The average molecular weight is 220 g/mol. The molecule has 1 amide bonds. The number of amides is 1. The highest BCUT2D eigenvalue weighted by Gasteiger charge is 2.33. The van der Waals surface area contributed by atoms with E-state index in [0.717, 1.165) is 0 Å². The molecule has 2 rings (SSSR count). The van der Waals surface area contributed by atoms with E-state index >= 15 is 0 Å². The number of carbonyl (C=O) groups excluding carboxylic acids is 1. The van der Waals surface area contributed by atoms with Gasteiger partial charge in [0.2, 0.25) is 5.91 Å². The summed E-state index contributed by atoms with van der Waals surface area (Å²) < 4.78 is 0. The standard InChI is InChI=1S/C10H12N4O2/c1-6-8(3-11)10(13-12-6)14-4-7(5-15)2-9(14)16/h7,15H,2,4-5H2,1H3,(H,12,13). The number of aliphatic hydroxyl groups is 1. The Balaban J connectivity index is 2.32. The Morgan fingerprint density at radius 2 is 2.50 bits per heavy atom. The Labute approximate surface area is 92.5 Å². The first kappa shape index (κ1) is 10.6. The van der Waals surface area contributed by atoms with Gasteiger partial charge in [0, 0.05) is 25.5 Å². The van der Waals surface area contributed by atoms with Gasteiger partial charge in [0.1, 0.15) is 11.6 Å². The molecule has 2 N–H and O–H groups in total. The number of aromatic nitrogens is 2. The molecule has 0 radical (unpaired) electrons. The van der Waals surface area contributed by atoms with Crippen molar-refractivity contribution in [3.63, 3.8) is 0 Å². The summed E-state index contributed by atoms with van der Waals surface area (Å²) in [7, 11) is 0. The van der Waals surface area contributed by atoms with Gasteiger partial charge in [-0.25, -0.2) is 0 Å². The van der Waals surface area contributed by atoms with Gasteiger partial charge < -0.3 is 5.11 Å². The topological polar surface area (TPSA) is 93.0 Å². The number of aryl methyl sites for hydroxylation is 1. The minimum absolute atomic E-state index is 0.0203. The summed E-state index contributed by atoms with van der Waals surface area (Å²) in [5.41, 5.74) is 1.05. The van der Waals surface area contributed by atoms with Crippen LogP contribution in [0.4, 0.5) is 5.82 Å². The number of aliphatic hydroxyl groups excluding tert-OH is 1. The highest BCUT2D eigenvalue weighted by atomic mass is 16.3. The maximum atomic E-state index is 11.7. The second-order valence-electron chi connectivity index (χ2n) is 3.92. The Morgan fingerprint density at radius 1 is 1.75 bits per heavy atom. The Bertz CT molecular complexity index is 460. The summed E-state index contributed by atoms with van der Waals surface area (Å²) in [6.07, 6.45) is 0.313. The number of hydrogen-bond donors (Lipinski definition) is 2. The van der Waals surface area contributed by atoms with Gasteiger partial charge in [0.05, 0.1) is 5.69 Å². The minimum Gasteiger partial charge on any atom is -0.396 e. The molecule has 16 heavy (non-hydrogen) atoms. The quantitative estimate of drug-likeness (QED) is 0.729. The molecule has 1 aliphatic rings. The molecule has 1 unspecified atom stereocenters. The fourth-order valence-corrected chi connectivity index (χ4v) is 1.85. The number of nitriles is 1. The van der Waals surface area contributed by atoms with E-state index < -0.39 is 0 Å². The van der Waals surface area contributed by atoms with Crippen molar-refractivity contribution in [2.45, 2.75) is 13.3 Å². The number of anilines is 1. The van der Waals surface area contributed by atoms with Gasteiger partial charge in [-0.1, -0.05) is 0 Å². The Kier molecular flexibility index (Phi) is 2.62. The predicted octanol–water partition coefficient (Wildman–Crippen LogP) is -0.0650. The van der Waals surface area contributed by atoms with Crippen molar-refractivity contribution in [2.24, 2.45) is 5.92 Å². The van der Waals surface area contributed by atoms with E-state index in [9.17, 15) is 4.79 Å². The lowest BCUT2D eigenvalue weighted by Gasteiger charge is -2.13. The van der Waals surface area contributed by atoms with Crippen LogP contribution in [0.25, 0.3) is 0 Å². The van der Waals surface area contributed by atoms with Gasteiger partial charge in [-0.2, -0.15) is 10.4 Å². The SMILES string of the molecule is Cc1[nH]nc(N2CC(CO)CC2=O)c1C#N. The second kappa shape index (κ2) is 3.94. The number of nitrogens with one attached hydrogen (secondary N) is 1. The first-order chi connectivity index (χ1) is 7.67. The zero-order chi connectivity index (χ0) is 11.7. The summed E-state index contributed by atoms with van der Waals surface area (Å²) in [5.74, 6) is 0.221. The van der Waals surface area contributed by atoms with Crippen molar-refractivity contribution in [3.05, 3.63) is 11.3 Å². The zero-order valence-corrected chi connectivity index (χ0v) is 8.90. The number of H-pyrrole nitrogens is 1. The van der Waals surface area contributed by atoms with Crippen LogP contribution in [0.15, 0.2) is 0 Å². The normalized spacial score (nSPS) is 20.2. The summed E-state index contributed by atoms with van der Waals surface area (Å²) in [6, 6.07) is 2.02. The second-order valence-corrected chi connectivity index (χ2v) is 3.92. The van der Waals surface area contributed by atoms with Crippen LogP contribution in [-0.2, 0) is 4.79 Å². The van der Waals surface area contributed by atoms with E-state index in [2.05, 4.69) is 10.2 Å². The van der Waals surface area contributed by atoms with Gasteiger partial charge in [-0.3, -0.25) is 14.8 Å². The molecule has 0 spiro atoms. The van der Waals surface area contributed by atoms with Crippen molar-refractivity contribution in [1.29, 1.82) is 5.26 Å². The van der Waals surface area contributed by atoms with E-state index in [4.69, 9.17) is 10.4 Å².